The predicted molar refractivity (Wildman–Crippen MR) is 66.3 cm³/mol. The fourth-order valence-corrected chi connectivity index (χ4v) is 2.39. The maximum atomic E-state index is 4.20. The van der Waals surface area contributed by atoms with Gasteiger partial charge in [-0.2, -0.15) is 5.10 Å². The van der Waals surface area contributed by atoms with E-state index in [9.17, 15) is 0 Å². The summed E-state index contributed by atoms with van der Waals surface area (Å²) < 4.78 is 1.89. The molecule has 1 heterocycles. The molecule has 1 aliphatic carbocycles. The van der Waals surface area contributed by atoms with Crippen LogP contribution in [0.25, 0.3) is 0 Å². The summed E-state index contributed by atoms with van der Waals surface area (Å²) in [6.07, 6.45) is 10.7. The summed E-state index contributed by atoms with van der Waals surface area (Å²) in [7, 11) is 1.98. The van der Waals surface area contributed by atoms with Gasteiger partial charge in [0.25, 0.3) is 0 Å². The summed E-state index contributed by atoms with van der Waals surface area (Å²) in [6.45, 7) is 3.31. The normalized spacial score (nSPS) is 17.6. The third kappa shape index (κ3) is 3.34. The van der Waals surface area contributed by atoms with E-state index >= 15 is 0 Å². The molecule has 3 nitrogen and oxygen atoms in total. The summed E-state index contributed by atoms with van der Waals surface area (Å²) in [5.41, 5.74) is 1.37. The van der Waals surface area contributed by atoms with E-state index in [-0.39, 0.29) is 0 Å². The minimum atomic E-state index is 0.765. The van der Waals surface area contributed by atoms with Crippen LogP contribution in [0.3, 0.4) is 0 Å². The van der Waals surface area contributed by atoms with Crippen molar-refractivity contribution >= 4 is 0 Å². The summed E-state index contributed by atoms with van der Waals surface area (Å²) in [4.78, 5) is 0. The van der Waals surface area contributed by atoms with Crippen molar-refractivity contribution in [2.24, 2.45) is 13.0 Å². The molecule has 1 aromatic heterocycles. The van der Waals surface area contributed by atoms with E-state index in [1.54, 1.807) is 0 Å². The summed E-state index contributed by atoms with van der Waals surface area (Å²) in [6, 6.07) is 0.765. The first kappa shape index (κ1) is 11.6. The van der Waals surface area contributed by atoms with E-state index in [2.05, 4.69) is 23.5 Å². The van der Waals surface area contributed by atoms with Gasteiger partial charge in [-0.1, -0.05) is 6.92 Å². The first-order chi connectivity index (χ1) is 7.79. The van der Waals surface area contributed by atoms with Crippen LogP contribution in [0.5, 0.6) is 0 Å². The van der Waals surface area contributed by atoms with Crippen LogP contribution in [-0.4, -0.2) is 22.4 Å². The lowest BCUT2D eigenvalue weighted by Crippen LogP contribution is -2.30. The number of hydrogen-bond donors (Lipinski definition) is 1. The minimum absolute atomic E-state index is 0.765. The molecule has 1 aliphatic rings. The van der Waals surface area contributed by atoms with Gasteiger partial charge in [0.2, 0.25) is 0 Å². The SMILES string of the molecule is CCNC(CCCc1cnn(C)c1)C1CC1. The highest BCUT2D eigenvalue weighted by Crippen LogP contribution is 2.34. The Bertz CT molecular complexity index is 315. The minimum Gasteiger partial charge on any atom is -0.314 e. The molecule has 0 radical (unpaired) electrons. The Morgan fingerprint density at radius 3 is 2.94 bits per heavy atom. The van der Waals surface area contributed by atoms with E-state index < -0.39 is 0 Å². The van der Waals surface area contributed by atoms with Gasteiger partial charge in [0, 0.05) is 19.3 Å². The van der Waals surface area contributed by atoms with E-state index in [0.717, 1.165) is 18.5 Å². The van der Waals surface area contributed by atoms with Crippen molar-refractivity contribution in [3.8, 4) is 0 Å². The highest BCUT2D eigenvalue weighted by Gasteiger charge is 2.29. The molecular formula is C13H23N3. The summed E-state index contributed by atoms with van der Waals surface area (Å²) in [5.74, 6) is 0.967. The van der Waals surface area contributed by atoms with Crippen LogP contribution in [-0.2, 0) is 13.5 Å². The number of rotatable bonds is 7. The molecule has 90 valence electrons. The Balaban J connectivity index is 1.69. The van der Waals surface area contributed by atoms with Crippen LogP contribution in [0.4, 0.5) is 0 Å². The number of nitrogens with zero attached hydrogens (tertiary/aromatic N) is 2. The van der Waals surface area contributed by atoms with E-state index in [0.29, 0.717) is 0 Å². The van der Waals surface area contributed by atoms with Gasteiger partial charge in [0.05, 0.1) is 6.20 Å². The molecule has 1 N–H and O–H groups in total. The lowest BCUT2D eigenvalue weighted by molar-refractivity contribution is 0.434. The van der Waals surface area contributed by atoms with Crippen molar-refractivity contribution in [1.82, 2.24) is 15.1 Å². The molecule has 1 atom stereocenters. The Kier molecular flexibility index (Phi) is 3.99. The number of nitrogens with one attached hydrogen (secondary N) is 1. The van der Waals surface area contributed by atoms with Gasteiger partial charge in [-0.15, -0.1) is 0 Å². The van der Waals surface area contributed by atoms with Gasteiger partial charge in [-0.05, 0) is 50.1 Å². The van der Waals surface area contributed by atoms with E-state index in [1.807, 2.05) is 17.9 Å². The first-order valence-electron chi connectivity index (χ1n) is 6.50. The van der Waals surface area contributed by atoms with Gasteiger partial charge in [0.1, 0.15) is 0 Å². The van der Waals surface area contributed by atoms with Crippen LogP contribution in [0.15, 0.2) is 12.4 Å². The van der Waals surface area contributed by atoms with Crippen molar-refractivity contribution < 1.29 is 0 Å². The first-order valence-corrected chi connectivity index (χ1v) is 6.50. The van der Waals surface area contributed by atoms with Crippen molar-refractivity contribution in [2.75, 3.05) is 6.54 Å². The fraction of sp³-hybridized carbons (Fsp3) is 0.769. The molecule has 16 heavy (non-hydrogen) atoms. The van der Waals surface area contributed by atoms with E-state index in [1.165, 1.54) is 37.7 Å². The molecule has 0 bridgehead atoms. The quantitative estimate of drug-likeness (QED) is 0.764. The molecule has 1 unspecified atom stereocenters. The Labute approximate surface area is 98.2 Å². The van der Waals surface area contributed by atoms with Crippen molar-refractivity contribution in [3.63, 3.8) is 0 Å². The third-order valence-corrected chi connectivity index (χ3v) is 3.40. The van der Waals surface area contributed by atoms with Gasteiger partial charge < -0.3 is 5.32 Å². The number of aryl methyl sites for hydroxylation is 2. The second kappa shape index (κ2) is 5.48. The van der Waals surface area contributed by atoms with Gasteiger partial charge in [-0.3, -0.25) is 4.68 Å². The zero-order valence-electron chi connectivity index (χ0n) is 10.4. The van der Waals surface area contributed by atoms with Crippen LogP contribution in [0.2, 0.25) is 0 Å². The second-order valence-electron chi connectivity index (χ2n) is 4.92. The van der Waals surface area contributed by atoms with Gasteiger partial charge in [0.15, 0.2) is 0 Å². The number of aromatic nitrogens is 2. The summed E-state index contributed by atoms with van der Waals surface area (Å²) >= 11 is 0. The molecule has 2 rings (SSSR count). The topological polar surface area (TPSA) is 29.9 Å². The zero-order valence-corrected chi connectivity index (χ0v) is 10.4. The second-order valence-corrected chi connectivity index (χ2v) is 4.92. The van der Waals surface area contributed by atoms with Gasteiger partial charge in [-0.25, -0.2) is 0 Å². The molecule has 0 spiro atoms. The smallest absolute Gasteiger partial charge is 0.0521 e. The maximum absolute atomic E-state index is 4.20. The van der Waals surface area contributed by atoms with Gasteiger partial charge >= 0.3 is 0 Å². The lowest BCUT2D eigenvalue weighted by atomic mass is 10.0. The monoisotopic (exact) mass is 221 g/mol. The summed E-state index contributed by atoms with van der Waals surface area (Å²) in [5, 5.41) is 7.81. The van der Waals surface area contributed by atoms with Crippen LogP contribution in [0.1, 0.15) is 38.2 Å². The molecular weight excluding hydrogens is 198 g/mol. The molecule has 1 saturated carbocycles. The highest BCUT2D eigenvalue weighted by atomic mass is 15.2. The van der Waals surface area contributed by atoms with Crippen molar-refractivity contribution in [1.29, 1.82) is 0 Å². The lowest BCUT2D eigenvalue weighted by Gasteiger charge is -2.16. The zero-order chi connectivity index (χ0) is 11.4. The Morgan fingerprint density at radius 1 is 1.56 bits per heavy atom. The Hall–Kier alpha value is -0.830. The maximum Gasteiger partial charge on any atom is 0.0521 e. The molecule has 3 heteroatoms. The van der Waals surface area contributed by atoms with Crippen LogP contribution in [0, 0.1) is 5.92 Å². The largest absolute Gasteiger partial charge is 0.314 e. The Morgan fingerprint density at radius 2 is 2.38 bits per heavy atom. The molecule has 1 fully saturated rings. The number of hydrogen-bond acceptors (Lipinski definition) is 2. The van der Waals surface area contributed by atoms with Crippen LogP contribution < -0.4 is 5.32 Å². The predicted octanol–water partition coefficient (Wildman–Crippen LogP) is 2.13. The van der Waals surface area contributed by atoms with E-state index in [4.69, 9.17) is 0 Å². The molecule has 0 aliphatic heterocycles. The average molecular weight is 221 g/mol. The standard InChI is InChI=1S/C13H23N3/c1-3-14-13(12-7-8-12)6-4-5-11-9-15-16(2)10-11/h9-10,12-14H,3-8H2,1-2H3. The average Bonchev–Trinajstić information content (AvgIpc) is 3.02. The third-order valence-electron chi connectivity index (χ3n) is 3.40. The van der Waals surface area contributed by atoms with Crippen LogP contribution >= 0.6 is 0 Å². The molecule has 0 aromatic carbocycles. The molecule has 0 saturated heterocycles. The fourth-order valence-electron chi connectivity index (χ4n) is 2.39. The molecule has 0 amide bonds. The van der Waals surface area contributed by atoms with Crippen molar-refractivity contribution in [2.45, 2.75) is 45.1 Å². The van der Waals surface area contributed by atoms with Crippen molar-refractivity contribution in [3.05, 3.63) is 18.0 Å². The molecule has 1 aromatic rings. The highest BCUT2D eigenvalue weighted by molar-refractivity contribution is 5.03.